The molecule has 0 radical (unpaired) electrons. The molecule has 0 aliphatic carbocycles. The first-order valence-corrected chi connectivity index (χ1v) is 8.75. The Hall–Kier alpha value is -1.68. The Kier molecular flexibility index (Phi) is 7.36. The summed E-state index contributed by atoms with van der Waals surface area (Å²) in [5, 5.41) is 3.10. The van der Waals surface area contributed by atoms with Gasteiger partial charge in [0.2, 0.25) is 10.0 Å². The Morgan fingerprint density at radius 3 is 2.04 bits per heavy atom. The molecule has 1 saturated heterocycles. The van der Waals surface area contributed by atoms with Gasteiger partial charge in [-0.15, -0.1) is 12.4 Å². The van der Waals surface area contributed by atoms with Crippen molar-refractivity contribution in [1.82, 2.24) is 9.62 Å². The predicted octanol–water partition coefficient (Wildman–Crippen LogP) is 0.664. The number of sulfonamides is 1. The fraction of sp³-hybridized carbons (Fsp3) is 0.467. The maximum atomic E-state index is 12.8. The third-order valence-electron chi connectivity index (χ3n) is 3.97. The van der Waals surface area contributed by atoms with E-state index in [1.807, 2.05) is 0 Å². The van der Waals surface area contributed by atoms with Crippen molar-refractivity contribution in [2.45, 2.75) is 17.4 Å². The number of nitrogens with zero attached hydrogens (tertiary/aromatic N) is 1. The highest BCUT2D eigenvalue weighted by Gasteiger charge is 2.31. The maximum Gasteiger partial charge on any atom is 0.337 e. The van der Waals surface area contributed by atoms with Crippen LogP contribution < -0.4 is 5.32 Å². The molecule has 0 saturated carbocycles. The van der Waals surface area contributed by atoms with Crippen LogP contribution in [0.5, 0.6) is 0 Å². The highest BCUT2D eigenvalue weighted by atomic mass is 35.5. The normalized spacial score (nSPS) is 17.0. The number of nitrogens with one attached hydrogen (secondary N) is 1. The van der Waals surface area contributed by atoms with Crippen molar-refractivity contribution in [1.29, 1.82) is 0 Å². The minimum absolute atomic E-state index is 0. The minimum atomic E-state index is -3.87. The summed E-state index contributed by atoms with van der Waals surface area (Å²) >= 11 is 0. The van der Waals surface area contributed by atoms with E-state index in [1.54, 1.807) is 0 Å². The van der Waals surface area contributed by atoms with E-state index in [1.165, 1.54) is 43.8 Å². The molecule has 8 nitrogen and oxygen atoms in total. The van der Waals surface area contributed by atoms with Crippen molar-refractivity contribution >= 4 is 34.4 Å². The van der Waals surface area contributed by atoms with Crippen molar-refractivity contribution in [2.75, 3.05) is 34.4 Å². The summed E-state index contributed by atoms with van der Waals surface area (Å²) in [7, 11) is -0.0349. The van der Waals surface area contributed by atoms with Crippen LogP contribution >= 0.6 is 12.4 Å². The average molecular weight is 393 g/mol. The van der Waals surface area contributed by atoms with Crippen LogP contribution in [-0.2, 0) is 19.5 Å². The molecule has 10 heteroatoms. The number of hydrogen-bond donors (Lipinski definition) is 1. The lowest BCUT2D eigenvalue weighted by Crippen LogP contribution is -2.38. The van der Waals surface area contributed by atoms with Crippen molar-refractivity contribution in [2.24, 2.45) is 0 Å². The van der Waals surface area contributed by atoms with Crippen LogP contribution in [-0.4, -0.2) is 65.1 Å². The third kappa shape index (κ3) is 4.49. The standard InChI is InChI=1S/C15H20N2O6S.ClH/c1-17(12-4-5-16-9-12)24(20,21)13-7-10(14(18)22-2)6-11(8-13)15(19)23-3;/h6-8,12,16H,4-5,9H2,1-3H3;1H. The van der Waals surface area contributed by atoms with E-state index >= 15 is 0 Å². The molecule has 0 aromatic heterocycles. The van der Waals surface area contributed by atoms with Gasteiger partial charge < -0.3 is 14.8 Å². The van der Waals surface area contributed by atoms with E-state index in [2.05, 4.69) is 14.8 Å². The molecule has 1 N–H and O–H groups in total. The largest absolute Gasteiger partial charge is 0.465 e. The molecular formula is C15H21ClN2O6S. The number of likely N-dealkylation sites (N-methyl/N-ethyl adjacent to an activating group) is 1. The molecule has 1 heterocycles. The topological polar surface area (TPSA) is 102 Å². The van der Waals surface area contributed by atoms with Gasteiger partial charge in [0.15, 0.2) is 0 Å². The van der Waals surface area contributed by atoms with Crippen molar-refractivity contribution in [3.63, 3.8) is 0 Å². The zero-order valence-electron chi connectivity index (χ0n) is 14.1. The second-order valence-electron chi connectivity index (χ2n) is 5.40. The second kappa shape index (κ2) is 8.61. The molecule has 1 fully saturated rings. The van der Waals surface area contributed by atoms with E-state index in [9.17, 15) is 18.0 Å². The zero-order valence-corrected chi connectivity index (χ0v) is 15.8. The van der Waals surface area contributed by atoms with Gasteiger partial charge in [0.05, 0.1) is 30.2 Å². The molecule has 0 bridgehead atoms. The molecule has 1 aromatic carbocycles. The first kappa shape index (κ1) is 21.4. The quantitative estimate of drug-likeness (QED) is 0.734. The Labute approximate surface area is 152 Å². The summed E-state index contributed by atoms with van der Waals surface area (Å²) in [6, 6.07) is 3.46. The Balaban J connectivity index is 0.00000312. The smallest absolute Gasteiger partial charge is 0.337 e. The summed E-state index contributed by atoms with van der Waals surface area (Å²) in [5.41, 5.74) is -0.0613. The third-order valence-corrected chi connectivity index (χ3v) is 5.86. The van der Waals surface area contributed by atoms with Crippen molar-refractivity contribution in [3.05, 3.63) is 29.3 Å². The Morgan fingerprint density at radius 1 is 1.12 bits per heavy atom. The lowest BCUT2D eigenvalue weighted by Gasteiger charge is -2.23. The summed E-state index contributed by atoms with van der Waals surface area (Å²) in [4.78, 5) is 23.4. The van der Waals surface area contributed by atoms with Crippen LogP contribution in [0, 0.1) is 0 Å². The molecule has 1 aliphatic heterocycles. The molecule has 1 aliphatic rings. The van der Waals surface area contributed by atoms with Crippen LogP contribution in [0.4, 0.5) is 0 Å². The summed E-state index contributed by atoms with van der Waals surface area (Å²) in [6.07, 6.45) is 0.691. The van der Waals surface area contributed by atoms with Gasteiger partial charge in [0.1, 0.15) is 0 Å². The number of carbonyl (C=O) groups is 2. The highest BCUT2D eigenvalue weighted by Crippen LogP contribution is 2.23. The molecule has 1 unspecified atom stereocenters. The molecule has 2 rings (SSSR count). The van der Waals surface area contributed by atoms with E-state index in [-0.39, 0.29) is 34.5 Å². The van der Waals surface area contributed by atoms with Gasteiger partial charge in [-0.05, 0) is 31.2 Å². The Bertz CT molecular complexity index is 712. The van der Waals surface area contributed by atoms with Crippen LogP contribution in [0.1, 0.15) is 27.1 Å². The molecule has 25 heavy (non-hydrogen) atoms. The maximum absolute atomic E-state index is 12.8. The zero-order chi connectivity index (χ0) is 17.9. The fourth-order valence-electron chi connectivity index (χ4n) is 2.53. The predicted molar refractivity (Wildman–Crippen MR) is 92.6 cm³/mol. The number of benzene rings is 1. The lowest BCUT2D eigenvalue weighted by molar-refractivity contribution is 0.0598. The molecule has 0 amide bonds. The second-order valence-corrected chi connectivity index (χ2v) is 7.39. The van der Waals surface area contributed by atoms with Gasteiger partial charge >= 0.3 is 11.9 Å². The summed E-state index contributed by atoms with van der Waals surface area (Å²) in [5.74, 6) is -1.47. The highest BCUT2D eigenvalue weighted by molar-refractivity contribution is 7.89. The number of halogens is 1. The molecule has 0 spiro atoms. The summed E-state index contributed by atoms with van der Waals surface area (Å²) < 4.78 is 36.2. The molecular weight excluding hydrogens is 372 g/mol. The number of ether oxygens (including phenoxy) is 2. The monoisotopic (exact) mass is 392 g/mol. The number of rotatable bonds is 5. The van der Waals surface area contributed by atoms with E-state index < -0.39 is 22.0 Å². The van der Waals surface area contributed by atoms with Gasteiger partial charge in [0, 0.05) is 19.6 Å². The molecule has 1 atom stereocenters. The van der Waals surface area contributed by atoms with Gasteiger partial charge in [0.25, 0.3) is 0 Å². The van der Waals surface area contributed by atoms with E-state index in [0.29, 0.717) is 13.0 Å². The van der Waals surface area contributed by atoms with Crippen molar-refractivity contribution < 1.29 is 27.5 Å². The van der Waals surface area contributed by atoms with Gasteiger partial charge in [-0.25, -0.2) is 18.0 Å². The van der Waals surface area contributed by atoms with Crippen LogP contribution in [0.15, 0.2) is 23.1 Å². The number of hydrogen-bond acceptors (Lipinski definition) is 7. The van der Waals surface area contributed by atoms with E-state index in [4.69, 9.17) is 0 Å². The average Bonchev–Trinajstić information content (AvgIpc) is 3.13. The van der Waals surface area contributed by atoms with Gasteiger partial charge in [-0.3, -0.25) is 0 Å². The SMILES string of the molecule is COC(=O)c1cc(C(=O)OC)cc(S(=O)(=O)N(C)C2CCNC2)c1.Cl. The van der Waals surface area contributed by atoms with Crippen molar-refractivity contribution in [3.8, 4) is 0 Å². The molecule has 140 valence electrons. The Morgan fingerprint density at radius 2 is 1.64 bits per heavy atom. The van der Waals surface area contributed by atoms with Gasteiger partial charge in [-0.2, -0.15) is 4.31 Å². The van der Waals surface area contributed by atoms with E-state index in [0.717, 1.165) is 6.54 Å². The fourth-order valence-corrected chi connectivity index (χ4v) is 3.99. The first-order valence-electron chi connectivity index (χ1n) is 7.31. The first-order chi connectivity index (χ1) is 11.3. The van der Waals surface area contributed by atoms with Crippen LogP contribution in [0.25, 0.3) is 0 Å². The minimum Gasteiger partial charge on any atom is -0.465 e. The lowest BCUT2D eigenvalue weighted by atomic mass is 10.1. The van der Waals surface area contributed by atoms with Gasteiger partial charge in [-0.1, -0.05) is 0 Å². The number of esters is 2. The number of methoxy groups -OCH3 is 2. The number of carbonyl (C=O) groups excluding carboxylic acids is 2. The van der Waals surface area contributed by atoms with Crippen LogP contribution in [0.3, 0.4) is 0 Å². The summed E-state index contributed by atoms with van der Waals surface area (Å²) in [6.45, 7) is 1.29. The molecule has 1 aromatic rings. The van der Waals surface area contributed by atoms with Crippen LogP contribution in [0.2, 0.25) is 0 Å².